The van der Waals surface area contributed by atoms with E-state index in [1.165, 1.54) is 7.11 Å². The molecule has 26 heavy (non-hydrogen) atoms. The molecule has 0 aliphatic carbocycles. The summed E-state index contributed by atoms with van der Waals surface area (Å²) in [5.41, 5.74) is 2.76. The predicted molar refractivity (Wildman–Crippen MR) is 95.1 cm³/mol. The Morgan fingerprint density at radius 2 is 2.19 bits per heavy atom. The van der Waals surface area contributed by atoms with Gasteiger partial charge < -0.3 is 19.7 Å². The number of aryl methyl sites for hydroxylation is 2. The number of nitrogens with zero attached hydrogens (tertiary/aromatic N) is 3. The van der Waals surface area contributed by atoms with Crippen molar-refractivity contribution >= 4 is 17.5 Å². The minimum absolute atomic E-state index is 0.0154. The SMILES string of the molecule is COCC(=O)Nc1ccc2c(c1)CN(C(=O)c1cn(C)nc1C)CCO2. The van der Waals surface area contributed by atoms with E-state index >= 15 is 0 Å². The van der Waals surface area contributed by atoms with Crippen LogP contribution in [0.1, 0.15) is 21.6 Å². The fourth-order valence-electron chi connectivity index (χ4n) is 2.95. The van der Waals surface area contributed by atoms with Crippen molar-refractivity contribution in [3.63, 3.8) is 0 Å². The van der Waals surface area contributed by atoms with Gasteiger partial charge in [-0.15, -0.1) is 0 Å². The molecule has 8 nitrogen and oxygen atoms in total. The minimum atomic E-state index is -0.235. The zero-order valence-corrected chi connectivity index (χ0v) is 15.1. The average molecular weight is 358 g/mol. The third-order valence-electron chi connectivity index (χ3n) is 4.13. The molecular formula is C18H22N4O4. The molecule has 0 bridgehead atoms. The highest BCUT2D eigenvalue weighted by molar-refractivity contribution is 5.95. The number of hydrogen-bond donors (Lipinski definition) is 1. The molecule has 138 valence electrons. The summed E-state index contributed by atoms with van der Waals surface area (Å²) in [5.74, 6) is 0.398. The summed E-state index contributed by atoms with van der Waals surface area (Å²) in [4.78, 5) is 26.3. The molecule has 0 atom stereocenters. The molecule has 1 aromatic heterocycles. The van der Waals surface area contributed by atoms with Gasteiger partial charge in [0.1, 0.15) is 19.0 Å². The maximum absolute atomic E-state index is 12.9. The van der Waals surface area contributed by atoms with Gasteiger partial charge in [0.05, 0.1) is 17.8 Å². The first-order valence-electron chi connectivity index (χ1n) is 8.32. The van der Waals surface area contributed by atoms with Crippen LogP contribution in [0.4, 0.5) is 5.69 Å². The Bertz CT molecular complexity index is 831. The van der Waals surface area contributed by atoms with Gasteiger partial charge in [-0.3, -0.25) is 14.3 Å². The second-order valence-corrected chi connectivity index (χ2v) is 6.18. The second-order valence-electron chi connectivity index (χ2n) is 6.18. The fraction of sp³-hybridized carbons (Fsp3) is 0.389. The second kappa shape index (κ2) is 7.57. The van der Waals surface area contributed by atoms with E-state index in [1.54, 1.807) is 35.0 Å². The molecule has 0 saturated heterocycles. The summed E-state index contributed by atoms with van der Waals surface area (Å²) in [6.07, 6.45) is 1.73. The van der Waals surface area contributed by atoms with Crippen molar-refractivity contribution in [2.24, 2.45) is 7.05 Å². The smallest absolute Gasteiger partial charge is 0.257 e. The number of anilines is 1. The lowest BCUT2D eigenvalue weighted by Crippen LogP contribution is -2.32. The zero-order chi connectivity index (χ0) is 18.7. The van der Waals surface area contributed by atoms with Crippen LogP contribution in [0.3, 0.4) is 0 Å². The van der Waals surface area contributed by atoms with Crippen LogP contribution in [0, 0.1) is 6.92 Å². The van der Waals surface area contributed by atoms with Crippen LogP contribution in [-0.2, 0) is 23.1 Å². The van der Waals surface area contributed by atoms with Crippen LogP contribution >= 0.6 is 0 Å². The maximum Gasteiger partial charge on any atom is 0.257 e. The number of hydrogen-bond acceptors (Lipinski definition) is 5. The van der Waals surface area contributed by atoms with Crippen molar-refractivity contribution in [3.8, 4) is 5.75 Å². The fourth-order valence-corrected chi connectivity index (χ4v) is 2.95. The number of amides is 2. The highest BCUT2D eigenvalue weighted by Crippen LogP contribution is 2.27. The Morgan fingerprint density at radius 1 is 1.38 bits per heavy atom. The highest BCUT2D eigenvalue weighted by Gasteiger charge is 2.24. The Balaban J connectivity index is 1.81. The van der Waals surface area contributed by atoms with Gasteiger partial charge in [0.15, 0.2) is 0 Å². The van der Waals surface area contributed by atoms with E-state index < -0.39 is 0 Å². The molecule has 8 heteroatoms. The number of carbonyl (C=O) groups is 2. The number of aromatic nitrogens is 2. The Kier molecular flexibility index (Phi) is 5.22. The molecule has 1 aliphatic rings. The van der Waals surface area contributed by atoms with Crippen LogP contribution < -0.4 is 10.1 Å². The lowest BCUT2D eigenvalue weighted by atomic mass is 10.1. The van der Waals surface area contributed by atoms with Gasteiger partial charge in [0.25, 0.3) is 5.91 Å². The van der Waals surface area contributed by atoms with Gasteiger partial charge in [-0.1, -0.05) is 0 Å². The Morgan fingerprint density at radius 3 is 2.88 bits per heavy atom. The molecule has 1 aliphatic heterocycles. The first-order chi connectivity index (χ1) is 12.5. The topological polar surface area (TPSA) is 85.7 Å². The number of ether oxygens (including phenoxy) is 2. The molecule has 2 amide bonds. The van der Waals surface area contributed by atoms with Gasteiger partial charge in [0.2, 0.25) is 5.91 Å². The van der Waals surface area contributed by atoms with E-state index in [0.717, 1.165) is 5.56 Å². The third-order valence-corrected chi connectivity index (χ3v) is 4.13. The highest BCUT2D eigenvalue weighted by atomic mass is 16.5. The maximum atomic E-state index is 12.9. The van der Waals surface area contributed by atoms with Crippen LogP contribution in [-0.4, -0.2) is 53.4 Å². The summed E-state index contributed by atoms with van der Waals surface area (Å²) >= 11 is 0. The molecule has 2 heterocycles. The average Bonchev–Trinajstić information content (AvgIpc) is 2.80. The normalized spacial score (nSPS) is 13.6. The van der Waals surface area contributed by atoms with Crippen molar-refractivity contribution in [1.29, 1.82) is 0 Å². The molecule has 0 spiro atoms. The van der Waals surface area contributed by atoms with Crippen molar-refractivity contribution in [1.82, 2.24) is 14.7 Å². The Labute approximate surface area is 151 Å². The van der Waals surface area contributed by atoms with E-state index in [2.05, 4.69) is 10.4 Å². The summed E-state index contributed by atoms with van der Waals surface area (Å²) in [5, 5.41) is 7.00. The summed E-state index contributed by atoms with van der Waals surface area (Å²) in [7, 11) is 3.26. The zero-order valence-electron chi connectivity index (χ0n) is 15.1. The van der Waals surface area contributed by atoms with Gasteiger partial charge >= 0.3 is 0 Å². The van der Waals surface area contributed by atoms with Crippen LogP contribution in [0.2, 0.25) is 0 Å². The summed E-state index contributed by atoms with van der Waals surface area (Å²) in [6, 6.07) is 5.40. The van der Waals surface area contributed by atoms with Gasteiger partial charge in [-0.2, -0.15) is 5.10 Å². The van der Waals surface area contributed by atoms with E-state index in [-0.39, 0.29) is 18.4 Å². The minimum Gasteiger partial charge on any atom is -0.491 e. The van der Waals surface area contributed by atoms with Crippen molar-refractivity contribution in [3.05, 3.63) is 41.2 Å². The van der Waals surface area contributed by atoms with Crippen LogP contribution in [0.25, 0.3) is 0 Å². The summed E-state index contributed by atoms with van der Waals surface area (Å²) in [6.45, 7) is 3.09. The number of carbonyl (C=O) groups excluding carboxylic acids is 2. The molecule has 1 aromatic carbocycles. The third kappa shape index (κ3) is 3.85. The number of benzene rings is 1. The van der Waals surface area contributed by atoms with Crippen molar-refractivity contribution < 1.29 is 19.1 Å². The quantitative estimate of drug-likeness (QED) is 0.892. The lowest BCUT2D eigenvalue weighted by molar-refractivity contribution is -0.119. The Hall–Kier alpha value is -2.87. The van der Waals surface area contributed by atoms with Gasteiger partial charge in [-0.05, 0) is 25.1 Å². The van der Waals surface area contributed by atoms with Crippen LogP contribution in [0.15, 0.2) is 24.4 Å². The molecule has 1 N–H and O–H groups in total. The standard InChI is InChI=1S/C18H22N4O4/c1-12-15(10-21(2)20-12)18(24)22-6-7-26-16-5-4-14(8-13(16)9-22)19-17(23)11-25-3/h4-5,8,10H,6-7,9,11H2,1-3H3,(H,19,23). The number of methoxy groups -OCH3 is 1. The molecule has 0 saturated carbocycles. The summed E-state index contributed by atoms with van der Waals surface area (Å²) < 4.78 is 12.2. The molecule has 0 radical (unpaired) electrons. The number of nitrogens with one attached hydrogen (secondary N) is 1. The number of fused-ring (bicyclic) bond motifs is 1. The lowest BCUT2D eigenvalue weighted by Gasteiger charge is -2.19. The number of rotatable bonds is 4. The molecule has 0 unspecified atom stereocenters. The van der Waals surface area contributed by atoms with Crippen LogP contribution in [0.5, 0.6) is 5.75 Å². The van der Waals surface area contributed by atoms with E-state index in [9.17, 15) is 9.59 Å². The van der Waals surface area contributed by atoms with Gasteiger partial charge in [-0.25, -0.2) is 0 Å². The predicted octanol–water partition coefficient (Wildman–Crippen LogP) is 1.35. The molecule has 3 rings (SSSR count). The first-order valence-corrected chi connectivity index (χ1v) is 8.32. The van der Waals surface area contributed by atoms with Crippen molar-refractivity contribution in [2.75, 3.05) is 32.2 Å². The first kappa shape index (κ1) is 17.9. The molecule has 0 fully saturated rings. The monoisotopic (exact) mass is 358 g/mol. The molecule has 2 aromatic rings. The van der Waals surface area contributed by atoms with E-state index in [4.69, 9.17) is 9.47 Å². The van der Waals surface area contributed by atoms with E-state index in [0.29, 0.717) is 42.4 Å². The molecular weight excluding hydrogens is 336 g/mol. The van der Waals surface area contributed by atoms with Gasteiger partial charge in [0, 0.05) is 38.1 Å². The largest absolute Gasteiger partial charge is 0.491 e. The van der Waals surface area contributed by atoms with E-state index in [1.807, 2.05) is 13.0 Å². The van der Waals surface area contributed by atoms with Crippen molar-refractivity contribution in [2.45, 2.75) is 13.5 Å².